The van der Waals surface area contributed by atoms with Crippen LogP contribution in [0.15, 0.2) is 23.8 Å². The number of hydrogen-bond donors (Lipinski definition) is 2. The van der Waals surface area contributed by atoms with Crippen LogP contribution in [0, 0.1) is 12.7 Å². The number of aryl methyl sites for hydroxylation is 1. The Morgan fingerprint density at radius 3 is 2.68 bits per heavy atom. The molecule has 1 aliphatic heterocycles. The fourth-order valence-corrected chi connectivity index (χ4v) is 3.84. The number of carbonyl (C=O) groups is 2. The molecule has 1 aromatic carbocycles. The first-order chi connectivity index (χ1) is 14.8. The van der Waals surface area contributed by atoms with Gasteiger partial charge in [-0.15, -0.1) is 0 Å². The summed E-state index contributed by atoms with van der Waals surface area (Å²) in [5, 5.41) is 5.99. The smallest absolute Gasteiger partial charge is 0.323 e. The average Bonchev–Trinajstić information content (AvgIpc) is 3.14. The first kappa shape index (κ1) is 22.7. The first-order valence-electron chi connectivity index (χ1n) is 10.1. The van der Waals surface area contributed by atoms with Crippen molar-refractivity contribution >= 4 is 40.4 Å². The van der Waals surface area contributed by atoms with E-state index in [0.29, 0.717) is 55.5 Å². The Hall–Kier alpha value is -3.01. The number of halogens is 1. The van der Waals surface area contributed by atoms with E-state index in [1.54, 1.807) is 17.9 Å². The SMILES string of the molecule is CC(=O)NCCN(C)c1ccc(C=C2CCN(C(=O)Nc3nc(C)ns3)CC2)c(F)c1. The zero-order chi connectivity index (χ0) is 22.4. The highest BCUT2D eigenvalue weighted by Gasteiger charge is 2.20. The molecule has 2 heterocycles. The molecule has 8 nitrogen and oxygen atoms in total. The Labute approximate surface area is 185 Å². The molecule has 0 bridgehead atoms. The molecule has 1 aromatic heterocycles. The molecule has 0 radical (unpaired) electrons. The quantitative estimate of drug-likeness (QED) is 0.711. The first-order valence-corrected chi connectivity index (χ1v) is 10.9. The summed E-state index contributed by atoms with van der Waals surface area (Å²) in [5.74, 6) is 0.264. The molecule has 1 aliphatic rings. The standard InChI is InChI=1S/C21H27FN6O2S/c1-14-24-20(31-26-14)25-21(30)28-9-6-16(7-10-28)12-17-4-5-18(13-19(17)22)27(3)11-8-23-15(2)29/h4-5,12-13H,6-11H2,1-3H3,(H,23,29)(H,24,25,26,30). The number of hydrogen-bond acceptors (Lipinski definition) is 6. The third-order valence-corrected chi connectivity index (χ3v) is 5.76. The van der Waals surface area contributed by atoms with Gasteiger partial charge in [0.05, 0.1) is 0 Å². The van der Waals surface area contributed by atoms with Gasteiger partial charge in [0.2, 0.25) is 11.0 Å². The Bertz CT molecular complexity index is 967. The van der Waals surface area contributed by atoms with Crippen LogP contribution in [0.25, 0.3) is 6.08 Å². The molecule has 2 N–H and O–H groups in total. The Balaban J connectivity index is 1.54. The van der Waals surface area contributed by atoms with Gasteiger partial charge in [-0.1, -0.05) is 11.6 Å². The van der Waals surface area contributed by atoms with Gasteiger partial charge in [-0.25, -0.2) is 14.2 Å². The second kappa shape index (κ2) is 10.3. The molecule has 31 heavy (non-hydrogen) atoms. The number of carbonyl (C=O) groups excluding carboxylic acids is 2. The van der Waals surface area contributed by atoms with Crippen LogP contribution in [-0.2, 0) is 4.79 Å². The molecule has 3 rings (SSSR count). The van der Waals surface area contributed by atoms with Crippen molar-refractivity contribution in [3.8, 4) is 0 Å². The highest BCUT2D eigenvalue weighted by molar-refractivity contribution is 7.09. The van der Waals surface area contributed by atoms with Crippen LogP contribution in [0.1, 0.15) is 31.2 Å². The van der Waals surface area contributed by atoms with E-state index >= 15 is 0 Å². The van der Waals surface area contributed by atoms with Crippen molar-refractivity contribution in [3.63, 3.8) is 0 Å². The minimum Gasteiger partial charge on any atom is -0.373 e. The molecule has 1 saturated heterocycles. The highest BCUT2D eigenvalue weighted by atomic mass is 32.1. The minimum absolute atomic E-state index is 0.0830. The van der Waals surface area contributed by atoms with Gasteiger partial charge in [-0.05, 0) is 38.0 Å². The van der Waals surface area contributed by atoms with E-state index in [4.69, 9.17) is 0 Å². The van der Waals surface area contributed by atoms with Crippen LogP contribution in [0.4, 0.5) is 20.0 Å². The Kier molecular flexibility index (Phi) is 7.56. The summed E-state index contributed by atoms with van der Waals surface area (Å²) in [6.45, 7) is 5.48. The Morgan fingerprint density at radius 2 is 2.06 bits per heavy atom. The number of anilines is 2. The van der Waals surface area contributed by atoms with Gasteiger partial charge in [0.1, 0.15) is 11.6 Å². The van der Waals surface area contributed by atoms with E-state index in [9.17, 15) is 14.0 Å². The van der Waals surface area contributed by atoms with Crippen LogP contribution >= 0.6 is 11.5 Å². The maximum atomic E-state index is 14.6. The van der Waals surface area contributed by atoms with Crippen molar-refractivity contribution in [1.29, 1.82) is 0 Å². The number of amides is 3. The lowest BCUT2D eigenvalue weighted by Crippen LogP contribution is -2.39. The van der Waals surface area contributed by atoms with Crippen molar-refractivity contribution < 1.29 is 14.0 Å². The van der Waals surface area contributed by atoms with Gasteiger partial charge in [-0.2, -0.15) is 4.37 Å². The maximum Gasteiger partial charge on any atom is 0.323 e. The normalized spacial score (nSPS) is 13.7. The lowest BCUT2D eigenvalue weighted by atomic mass is 10.0. The van der Waals surface area contributed by atoms with Crippen molar-refractivity contribution in [1.82, 2.24) is 19.6 Å². The molecule has 2 aromatic rings. The number of rotatable bonds is 6. The van der Waals surface area contributed by atoms with Crippen molar-refractivity contribution in [2.24, 2.45) is 0 Å². The number of benzene rings is 1. The summed E-state index contributed by atoms with van der Waals surface area (Å²) in [6.07, 6.45) is 3.26. The highest BCUT2D eigenvalue weighted by Crippen LogP contribution is 2.24. The molecule has 0 spiro atoms. The predicted molar refractivity (Wildman–Crippen MR) is 121 cm³/mol. The second-order valence-electron chi connectivity index (χ2n) is 7.48. The molecule has 0 atom stereocenters. The van der Waals surface area contributed by atoms with Gasteiger partial charge < -0.3 is 15.1 Å². The number of nitrogens with zero attached hydrogens (tertiary/aromatic N) is 4. The maximum absolute atomic E-state index is 14.6. The molecule has 0 unspecified atom stereocenters. The van der Waals surface area contributed by atoms with Crippen LogP contribution in [0.2, 0.25) is 0 Å². The third-order valence-electron chi connectivity index (χ3n) is 5.04. The van der Waals surface area contributed by atoms with Crippen LogP contribution < -0.4 is 15.5 Å². The van der Waals surface area contributed by atoms with Crippen molar-refractivity contribution in [3.05, 3.63) is 41.0 Å². The van der Waals surface area contributed by atoms with Gasteiger partial charge in [0.25, 0.3) is 0 Å². The van der Waals surface area contributed by atoms with E-state index in [-0.39, 0.29) is 17.8 Å². The fourth-order valence-electron chi connectivity index (χ4n) is 3.28. The summed E-state index contributed by atoms with van der Waals surface area (Å²) in [5.41, 5.74) is 2.40. The van der Waals surface area contributed by atoms with Gasteiger partial charge in [0.15, 0.2) is 0 Å². The van der Waals surface area contributed by atoms with Crippen LogP contribution in [0.3, 0.4) is 0 Å². The predicted octanol–water partition coefficient (Wildman–Crippen LogP) is 3.27. The van der Waals surface area contributed by atoms with E-state index < -0.39 is 0 Å². The number of likely N-dealkylation sites (N-methyl/N-ethyl adjacent to an activating group) is 1. The van der Waals surface area contributed by atoms with Gasteiger partial charge >= 0.3 is 6.03 Å². The zero-order valence-electron chi connectivity index (χ0n) is 17.9. The van der Waals surface area contributed by atoms with E-state index in [0.717, 1.165) is 22.8 Å². The number of nitrogens with one attached hydrogen (secondary N) is 2. The van der Waals surface area contributed by atoms with Crippen molar-refractivity contribution in [2.75, 3.05) is 43.4 Å². The second-order valence-corrected chi connectivity index (χ2v) is 8.23. The molecule has 0 saturated carbocycles. The fraction of sp³-hybridized carbons (Fsp3) is 0.429. The summed E-state index contributed by atoms with van der Waals surface area (Å²) in [7, 11) is 1.86. The van der Waals surface area contributed by atoms with E-state index in [1.807, 2.05) is 24.1 Å². The van der Waals surface area contributed by atoms with Gasteiger partial charge in [0, 0.05) is 62.9 Å². The monoisotopic (exact) mass is 446 g/mol. The third kappa shape index (κ3) is 6.48. The van der Waals surface area contributed by atoms with Crippen LogP contribution in [-0.4, -0.2) is 59.4 Å². The molecule has 0 aliphatic carbocycles. The molecule has 166 valence electrons. The number of likely N-dealkylation sites (tertiary alicyclic amines) is 1. The summed E-state index contributed by atoms with van der Waals surface area (Å²) >= 11 is 1.16. The Morgan fingerprint density at radius 1 is 1.32 bits per heavy atom. The van der Waals surface area contributed by atoms with E-state index in [2.05, 4.69) is 20.0 Å². The molecule has 10 heteroatoms. The topological polar surface area (TPSA) is 90.5 Å². The zero-order valence-corrected chi connectivity index (χ0v) is 18.8. The van der Waals surface area contributed by atoms with Crippen molar-refractivity contribution in [2.45, 2.75) is 26.7 Å². The molecular weight excluding hydrogens is 419 g/mol. The lowest BCUT2D eigenvalue weighted by Gasteiger charge is -2.28. The number of piperidine rings is 1. The summed E-state index contributed by atoms with van der Waals surface area (Å²) < 4.78 is 18.7. The number of urea groups is 1. The summed E-state index contributed by atoms with van der Waals surface area (Å²) in [6, 6.07) is 4.96. The van der Waals surface area contributed by atoms with Gasteiger partial charge in [-0.3, -0.25) is 10.1 Å². The minimum atomic E-state index is -0.289. The number of aromatic nitrogens is 2. The average molecular weight is 447 g/mol. The lowest BCUT2D eigenvalue weighted by molar-refractivity contribution is -0.118. The van der Waals surface area contributed by atoms with Crippen LogP contribution in [0.5, 0.6) is 0 Å². The molecular formula is C21H27FN6O2S. The molecule has 1 fully saturated rings. The summed E-state index contributed by atoms with van der Waals surface area (Å²) in [4.78, 5) is 31.1. The largest absolute Gasteiger partial charge is 0.373 e. The molecule has 3 amide bonds. The van der Waals surface area contributed by atoms with E-state index in [1.165, 1.54) is 13.0 Å².